The fourth-order valence-corrected chi connectivity index (χ4v) is 1.31. The lowest BCUT2D eigenvalue weighted by Crippen LogP contribution is -2.09. The maximum absolute atomic E-state index is 10.9. The van der Waals surface area contributed by atoms with Crippen LogP contribution in [0.1, 0.15) is 30.9 Å². The molecule has 17 heavy (non-hydrogen) atoms. The summed E-state index contributed by atoms with van der Waals surface area (Å²) >= 11 is 0. The van der Waals surface area contributed by atoms with Gasteiger partial charge >= 0.3 is 5.97 Å². The third-order valence-corrected chi connectivity index (χ3v) is 2.35. The predicted molar refractivity (Wildman–Crippen MR) is 63.8 cm³/mol. The number of aliphatic hydroxyl groups is 1. The van der Waals surface area contributed by atoms with Crippen LogP contribution in [0.25, 0.3) is 5.76 Å². The van der Waals surface area contributed by atoms with Crippen LogP contribution in [0.3, 0.4) is 0 Å². The van der Waals surface area contributed by atoms with Crippen molar-refractivity contribution < 1.29 is 19.8 Å². The highest BCUT2D eigenvalue weighted by Crippen LogP contribution is 2.18. The van der Waals surface area contributed by atoms with Gasteiger partial charge in [-0.2, -0.15) is 0 Å². The van der Waals surface area contributed by atoms with Gasteiger partial charge < -0.3 is 10.2 Å². The predicted octanol–water partition coefficient (Wildman–Crippen LogP) is 2.36. The molecule has 4 nitrogen and oxygen atoms in total. The number of carbonyl (C=O) groups is 2. The summed E-state index contributed by atoms with van der Waals surface area (Å²) in [7, 11) is 0. The maximum atomic E-state index is 10.9. The first-order chi connectivity index (χ1) is 7.91. The molecule has 0 unspecified atom stereocenters. The summed E-state index contributed by atoms with van der Waals surface area (Å²) in [6.07, 6.45) is 0.701. The van der Waals surface area contributed by atoms with Gasteiger partial charge in [0.25, 0.3) is 5.78 Å². The van der Waals surface area contributed by atoms with Crippen molar-refractivity contribution in [3.63, 3.8) is 0 Å². The number of aliphatic hydroxyl groups excluding tert-OH is 1. The Kier molecular flexibility index (Phi) is 4.04. The fourth-order valence-electron chi connectivity index (χ4n) is 1.31. The Morgan fingerprint density at radius 2 is 1.65 bits per heavy atom. The van der Waals surface area contributed by atoms with E-state index in [1.165, 1.54) is 0 Å². The second-order valence-corrected chi connectivity index (χ2v) is 3.98. The van der Waals surface area contributed by atoms with Crippen molar-refractivity contribution in [1.82, 2.24) is 0 Å². The first kappa shape index (κ1) is 13.0. The number of hydrogen-bond donors (Lipinski definition) is 2. The fraction of sp³-hybridized carbons (Fsp3) is 0.231. The number of carbonyl (C=O) groups excluding carboxylic acids is 1. The van der Waals surface area contributed by atoms with E-state index in [4.69, 9.17) is 5.11 Å². The Hall–Kier alpha value is -2.10. The van der Waals surface area contributed by atoms with Crippen molar-refractivity contribution in [1.29, 1.82) is 0 Å². The van der Waals surface area contributed by atoms with Gasteiger partial charge in [-0.05, 0) is 11.5 Å². The number of ketones is 1. The number of benzene rings is 1. The summed E-state index contributed by atoms with van der Waals surface area (Å²) in [5.74, 6) is -2.70. The standard InChI is InChI=1S/C13H14O4/c1-8(2)9-3-5-10(6-4-9)11(14)7-12(15)13(16)17/h3-8,14H,1-2H3,(H,16,17). The Balaban J connectivity index is 2.94. The Morgan fingerprint density at radius 1 is 1.12 bits per heavy atom. The van der Waals surface area contributed by atoms with Gasteiger partial charge in [0.15, 0.2) is 0 Å². The number of rotatable bonds is 4. The highest BCUT2D eigenvalue weighted by Gasteiger charge is 2.10. The second-order valence-electron chi connectivity index (χ2n) is 3.98. The van der Waals surface area contributed by atoms with Crippen LogP contribution in [0.2, 0.25) is 0 Å². The highest BCUT2D eigenvalue weighted by atomic mass is 16.4. The number of aliphatic carboxylic acids is 1. The average Bonchev–Trinajstić information content (AvgIpc) is 2.28. The molecular formula is C13H14O4. The molecule has 0 saturated heterocycles. The monoisotopic (exact) mass is 234 g/mol. The van der Waals surface area contributed by atoms with E-state index in [0.29, 0.717) is 17.6 Å². The first-order valence-electron chi connectivity index (χ1n) is 5.20. The molecule has 0 spiro atoms. The van der Waals surface area contributed by atoms with Crippen LogP contribution in [0, 0.1) is 0 Å². The van der Waals surface area contributed by atoms with Crippen LogP contribution in [-0.2, 0) is 9.59 Å². The molecule has 0 aliphatic rings. The molecule has 0 aliphatic heterocycles. The van der Waals surface area contributed by atoms with Crippen LogP contribution in [0.15, 0.2) is 30.3 Å². The zero-order valence-corrected chi connectivity index (χ0v) is 9.68. The molecule has 0 amide bonds. The van der Waals surface area contributed by atoms with E-state index >= 15 is 0 Å². The molecule has 2 N–H and O–H groups in total. The summed E-state index contributed by atoms with van der Waals surface area (Å²) in [6.45, 7) is 4.08. The molecular weight excluding hydrogens is 220 g/mol. The Bertz CT molecular complexity index is 455. The van der Waals surface area contributed by atoms with E-state index in [-0.39, 0.29) is 5.76 Å². The molecule has 0 heterocycles. The molecule has 1 aromatic carbocycles. The molecule has 0 atom stereocenters. The van der Waals surface area contributed by atoms with Crippen molar-refractivity contribution in [3.05, 3.63) is 41.5 Å². The van der Waals surface area contributed by atoms with Crippen LogP contribution >= 0.6 is 0 Å². The third-order valence-electron chi connectivity index (χ3n) is 2.35. The average molecular weight is 234 g/mol. The van der Waals surface area contributed by atoms with Crippen LogP contribution < -0.4 is 0 Å². The topological polar surface area (TPSA) is 74.6 Å². The van der Waals surface area contributed by atoms with Gasteiger partial charge in [-0.25, -0.2) is 4.79 Å². The van der Waals surface area contributed by atoms with Gasteiger partial charge in [0.05, 0.1) is 0 Å². The lowest BCUT2D eigenvalue weighted by atomic mass is 10.0. The largest absolute Gasteiger partial charge is 0.507 e. The quantitative estimate of drug-likeness (QED) is 0.476. The van der Waals surface area contributed by atoms with Crippen molar-refractivity contribution in [2.45, 2.75) is 19.8 Å². The molecule has 1 rings (SSSR count). The van der Waals surface area contributed by atoms with Crippen LogP contribution in [0.5, 0.6) is 0 Å². The van der Waals surface area contributed by atoms with Gasteiger partial charge in [-0.15, -0.1) is 0 Å². The lowest BCUT2D eigenvalue weighted by molar-refractivity contribution is -0.146. The lowest BCUT2D eigenvalue weighted by Gasteiger charge is -2.06. The summed E-state index contributed by atoms with van der Waals surface area (Å²) in [4.78, 5) is 21.2. The molecule has 0 bridgehead atoms. The first-order valence-corrected chi connectivity index (χ1v) is 5.20. The zero-order chi connectivity index (χ0) is 13.0. The third kappa shape index (κ3) is 3.45. The zero-order valence-electron chi connectivity index (χ0n) is 9.68. The van der Waals surface area contributed by atoms with Crippen LogP contribution in [-0.4, -0.2) is 22.0 Å². The minimum Gasteiger partial charge on any atom is -0.507 e. The number of carboxylic acids is 1. The SMILES string of the molecule is CC(C)c1ccc(C(O)=CC(=O)C(=O)O)cc1. The van der Waals surface area contributed by atoms with Gasteiger partial charge in [0.2, 0.25) is 0 Å². The molecule has 90 valence electrons. The Labute approximate surface area is 99.2 Å². The molecule has 4 heteroatoms. The van der Waals surface area contributed by atoms with Gasteiger partial charge in [-0.3, -0.25) is 4.79 Å². The van der Waals surface area contributed by atoms with E-state index < -0.39 is 11.8 Å². The van der Waals surface area contributed by atoms with Crippen molar-refractivity contribution in [2.75, 3.05) is 0 Å². The Morgan fingerprint density at radius 3 is 2.06 bits per heavy atom. The molecule has 0 radical (unpaired) electrons. The summed E-state index contributed by atoms with van der Waals surface area (Å²) in [6, 6.07) is 6.96. The minimum atomic E-state index is -1.59. The van der Waals surface area contributed by atoms with E-state index in [0.717, 1.165) is 5.56 Å². The van der Waals surface area contributed by atoms with E-state index in [1.54, 1.807) is 12.1 Å². The summed E-state index contributed by atoms with van der Waals surface area (Å²) < 4.78 is 0. The molecule has 0 aromatic heterocycles. The van der Waals surface area contributed by atoms with E-state index in [9.17, 15) is 14.7 Å². The van der Waals surface area contributed by atoms with Crippen molar-refractivity contribution in [3.8, 4) is 0 Å². The molecule has 0 aliphatic carbocycles. The normalized spacial score (nSPS) is 11.6. The van der Waals surface area contributed by atoms with E-state index in [1.807, 2.05) is 26.0 Å². The van der Waals surface area contributed by atoms with Gasteiger partial charge in [0.1, 0.15) is 5.76 Å². The number of hydrogen-bond acceptors (Lipinski definition) is 3. The maximum Gasteiger partial charge on any atom is 0.376 e. The smallest absolute Gasteiger partial charge is 0.376 e. The van der Waals surface area contributed by atoms with E-state index in [2.05, 4.69) is 0 Å². The van der Waals surface area contributed by atoms with Crippen molar-refractivity contribution >= 4 is 17.5 Å². The van der Waals surface area contributed by atoms with Crippen molar-refractivity contribution in [2.24, 2.45) is 0 Å². The highest BCUT2D eigenvalue weighted by molar-refractivity contribution is 6.38. The molecule has 1 aromatic rings. The summed E-state index contributed by atoms with van der Waals surface area (Å²) in [5.41, 5.74) is 1.52. The van der Waals surface area contributed by atoms with Crippen LogP contribution in [0.4, 0.5) is 0 Å². The summed E-state index contributed by atoms with van der Waals surface area (Å²) in [5, 5.41) is 17.9. The van der Waals surface area contributed by atoms with Gasteiger partial charge in [0, 0.05) is 11.6 Å². The second kappa shape index (κ2) is 5.30. The molecule has 0 saturated carbocycles. The molecule has 0 fully saturated rings. The number of carboxylic acid groups (broad SMARTS) is 1. The van der Waals surface area contributed by atoms with Gasteiger partial charge in [-0.1, -0.05) is 38.1 Å². The minimum absolute atomic E-state index is 0.340.